The zero-order chi connectivity index (χ0) is 20.1. The van der Waals surface area contributed by atoms with Crippen molar-refractivity contribution < 1.29 is 9.72 Å². The van der Waals surface area contributed by atoms with Crippen molar-refractivity contribution in [1.29, 1.82) is 0 Å². The van der Waals surface area contributed by atoms with Crippen LogP contribution in [0.5, 0.6) is 0 Å². The summed E-state index contributed by atoms with van der Waals surface area (Å²) in [4.78, 5) is 25.3. The minimum Gasteiger partial charge on any atom is -0.366 e. The minimum absolute atomic E-state index is 0.0806. The monoisotopic (exact) mass is 389 g/mol. The van der Waals surface area contributed by atoms with E-state index in [1.165, 1.54) is 6.07 Å². The lowest BCUT2D eigenvalue weighted by Gasteiger charge is -2.22. The van der Waals surface area contributed by atoms with Gasteiger partial charge in [0.05, 0.1) is 15.6 Å². The van der Waals surface area contributed by atoms with E-state index in [4.69, 9.17) is 11.6 Å². The van der Waals surface area contributed by atoms with E-state index in [2.05, 4.69) is 19.2 Å². The van der Waals surface area contributed by atoms with Gasteiger partial charge in [0.25, 0.3) is 11.6 Å². The largest absolute Gasteiger partial charge is 0.366 e. The van der Waals surface area contributed by atoms with Crippen molar-refractivity contribution in [2.24, 2.45) is 0 Å². The predicted molar refractivity (Wildman–Crippen MR) is 110 cm³/mol. The van der Waals surface area contributed by atoms with E-state index in [0.29, 0.717) is 35.9 Å². The van der Waals surface area contributed by atoms with Crippen LogP contribution in [0.3, 0.4) is 0 Å². The normalized spacial score (nSPS) is 10.7. The van der Waals surface area contributed by atoms with Crippen LogP contribution in [-0.4, -0.2) is 23.9 Å². The molecular weight excluding hydrogens is 366 g/mol. The number of nitro benzene ring substituents is 1. The molecule has 0 aliphatic rings. The van der Waals surface area contributed by atoms with E-state index >= 15 is 0 Å². The zero-order valence-electron chi connectivity index (χ0n) is 16.0. The Morgan fingerprint density at radius 3 is 2.26 bits per heavy atom. The third-order valence-electron chi connectivity index (χ3n) is 4.45. The maximum absolute atomic E-state index is 12.6. The smallest absolute Gasteiger partial charge is 0.294 e. The number of amides is 1. The number of hydrogen-bond donors (Lipinski definition) is 1. The minimum atomic E-state index is -0.463. The second kappa shape index (κ2) is 8.86. The number of carbonyl (C=O) groups is 1. The molecule has 0 aliphatic carbocycles. The molecule has 0 aromatic heterocycles. The highest BCUT2D eigenvalue weighted by atomic mass is 35.5. The average Bonchev–Trinajstić information content (AvgIpc) is 2.64. The number of nitrogens with zero attached hydrogens (tertiary/aromatic N) is 2. The molecule has 0 aliphatic heterocycles. The molecule has 0 fully saturated rings. The van der Waals surface area contributed by atoms with Gasteiger partial charge in [-0.25, -0.2) is 0 Å². The van der Waals surface area contributed by atoms with Gasteiger partial charge in [-0.1, -0.05) is 37.6 Å². The third kappa shape index (κ3) is 4.77. The van der Waals surface area contributed by atoms with Crippen LogP contribution in [0.1, 0.15) is 49.5 Å². The summed E-state index contributed by atoms with van der Waals surface area (Å²) in [6.45, 7) is 9.19. The fourth-order valence-corrected chi connectivity index (χ4v) is 3.03. The van der Waals surface area contributed by atoms with Gasteiger partial charge in [-0.15, -0.1) is 0 Å². The molecular formula is C20H24ClN3O3. The number of anilines is 2. The van der Waals surface area contributed by atoms with Crippen LogP contribution in [-0.2, 0) is 0 Å². The Morgan fingerprint density at radius 1 is 1.19 bits per heavy atom. The van der Waals surface area contributed by atoms with Crippen LogP contribution in [0.15, 0.2) is 36.4 Å². The Kier molecular flexibility index (Phi) is 6.80. The first kappa shape index (κ1) is 20.7. The maximum Gasteiger partial charge on any atom is 0.294 e. The molecule has 2 aromatic carbocycles. The number of hydrogen-bond acceptors (Lipinski definition) is 4. The van der Waals surface area contributed by atoms with E-state index in [1.54, 1.807) is 18.2 Å². The summed E-state index contributed by atoms with van der Waals surface area (Å²) in [5, 5.41) is 14.3. The van der Waals surface area contributed by atoms with E-state index in [-0.39, 0.29) is 16.6 Å². The highest BCUT2D eigenvalue weighted by Gasteiger charge is 2.22. The highest BCUT2D eigenvalue weighted by molar-refractivity contribution is 6.34. The van der Waals surface area contributed by atoms with E-state index in [0.717, 1.165) is 5.56 Å². The number of nitrogens with one attached hydrogen (secondary N) is 1. The van der Waals surface area contributed by atoms with Crippen molar-refractivity contribution >= 4 is 34.6 Å². The first-order valence-corrected chi connectivity index (χ1v) is 9.30. The lowest BCUT2D eigenvalue weighted by Crippen LogP contribution is -2.23. The van der Waals surface area contributed by atoms with Crippen molar-refractivity contribution in [2.75, 3.05) is 23.3 Å². The molecule has 0 bridgehead atoms. The van der Waals surface area contributed by atoms with Crippen molar-refractivity contribution in [3.05, 3.63) is 62.7 Å². The molecule has 144 valence electrons. The standard InChI is InChI=1S/C20H24ClN3O3/c1-5-23(6-2)18-12-17(16(21)11-19(18)24(26)27)22-20(25)15-9-7-14(8-10-15)13(3)4/h7-13H,5-6H2,1-4H3,(H,22,25). The van der Waals surface area contributed by atoms with Gasteiger partial charge in [0.15, 0.2) is 0 Å². The predicted octanol–water partition coefficient (Wildman–Crippen LogP) is 5.47. The van der Waals surface area contributed by atoms with Crippen molar-refractivity contribution in [2.45, 2.75) is 33.6 Å². The molecule has 2 rings (SSSR count). The summed E-state index contributed by atoms with van der Waals surface area (Å²) in [5.41, 5.74) is 2.34. The average molecular weight is 390 g/mol. The summed E-state index contributed by atoms with van der Waals surface area (Å²) in [6, 6.07) is 10.2. The van der Waals surface area contributed by atoms with Gasteiger partial charge in [0, 0.05) is 24.7 Å². The van der Waals surface area contributed by atoms with Gasteiger partial charge >= 0.3 is 0 Å². The quantitative estimate of drug-likeness (QED) is 0.503. The second-order valence-corrected chi connectivity index (χ2v) is 6.89. The lowest BCUT2D eigenvalue weighted by atomic mass is 10.0. The number of halogens is 1. The molecule has 1 amide bonds. The molecule has 0 unspecified atom stereocenters. The Hall–Kier alpha value is -2.60. The van der Waals surface area contributed by atoms with Gasteiger partial charge in [0.1, 0.15) is 5.69 Å². The highest BCUT2D eigenvalue weighted by Crippen LogP contribution is 2.36. The Bertz CT molecular complexity index is 831. The molecule has 6 nitrogen and oxygen atoms in total. The molecule has 0 saturated carbocycles. The van der Waals surface area contributed by atoms with Gasteiger partial charge in [-0.2, -0.15) is 0 Å². The van der Waals surface area contributed by atoms with E-state index < -0.39 is 4.92 Å². The van der Waals surface area contributed by atoms with Crippen molar-refractivity contribution in [3.63, 3.8) is 0 Å². The van der Waals surface area contributed by atoms with Gasteiger partial charge < -0.3 is 10.2 Å². The number of rotatable bonds is 7. The summed E-state index contributed by atoms with van der Waals surface area (Å²) in [7, 11) is 0. The summed E-state index contributed by atoms with van der Waals surface area (Å²) < 4.78 is 0. The molecule has 27 heavy (non-hydrogen) atoms. The molecule has 0 radical (unpaired) electrons. The third-order valence-corrected chi connectivity index (χ3v) is 4.77. The fourth-order valence-electron chi connectivity index (χ4n) is 2.82. The van der Waals surface area contributed by atoms with Crippen molar-refractivity contribution in [3.8, 4) is 0 Å². The molecule has 0 atom stereocenters. The maximum atomic E-state index is 12.6. The molecule has 0 saturated heterocycles. The van der Waals surface area contributed by atoms with E-state index in [1.807, 2.05) is 30.9 Å². The van der Waals surface area contributed by atoms with Crippen LogP contribution in [0.25, 0.3) is 0 Å². The molecule has 7 heteroatoms. The number of nitro groups is 1. The van der Waals surface area contributed by atoms with Gasteiger partial charge in [-0.3, -0.25) is 14.9 Å². The van der Waals surface area contributed by atoms with Crippen LogP contribution in [0.4, 0.5) is 17.1 Å². The van der Waals surface area contributed by atoms with Gasteiger partial charge in [-0.05, 0) is 43.5 Å². The molecule has 1 N–H and O–H groups in total. The first-order valence-electron chi connectivity index (χ1n) is 8.92. The van der Waals surface area contributed by atoms with Crippen molar-refractivity contribution in [1.82, 2.24) is 0 Å². The Morgan fingerprint density at radius 2 is 1.78 bits per heavy atom. The summed E-state index contributed by atoms with van der Waals surface area (Å²) >= 11 is 6.20. The SMILES string of the molecule is CCN(CC)c1cc(NC(=O)c2ccc(C(C)C)cc2)c(Cl)cc1[N+](=O)[O-]. The number of benzene rings is 2. The van der Waals surface area contributed by atoms with Crippen LogP contribution in [0, 0.1) is 10.1 Å². The zero-order valence-corrected chi connectivity index (χ0v) is 16.7. The molecule has 2 aromatic rings. The lowest BCUT2D eigenvalue weighted by molar-refractivity contribution is -0.384. The van der Waals surface area contributed by atoms with Crippen LogP contribution >= 0.6 is 11.6 Å². The molecule has 0 heterocycles. The first-order chi connectivity index (χ1) is 12.8. The topological polar surface area (TPSA) is 75.5 Å². The van der Waals surface area contributed by atoms with Crippen LogP contribution < -0.4 is 10.2 Å². The Labute approximate surface area is 164 Å². The summed E-state index contributed by atoms with van der Waals surface area (Å²) in [5.74, 6) is 0.0643. The van der Waals surface area contributed by atoms with E-state index in [9.17, 15) is 14.9 Å². The van der Waals surface area contributed by atoms with Gasteiger partial charge in [0.2, 0.25) is 0 Å². The number of carbonyl (C=O) groups excluding carboxylic acids is 1. The summed E-state index contributed by atoms with van der Waals surface area (Å²) in [6.07, 6.45) is 0. The molecule has 0 spiro atoms. The fraction of sp³-hybridized carbons (Fsp3) is 0.350. The van der Waals surface area contributed by atoms with Crippen LogP contribution in [0.2, 0.25) is 5.02 Å². The second-order valence-electron chi connectivity index (χ2n) is 6.48. The Balaban J connectivity index is 2.36.